The summed E-state index contributed by atoms with van der Waals surface area (Å²) in [6.45, 7) is 0. The summed E-state index contributed by atoms with van der Waals surface area (Å²) < 4.78 is 0. The summed E-state index contributed by atoms with van der Waals surface area (Å²) in [4.78, 5) is 24.7. The molecular formula is C22H28N4O2. The van der Waals surface area contributed by atoms with Crippen LogP contribution in [-0.2, 0) is 20.7 Å². The van der Waals surface area contributed by atoms with Gasteiger partial charge in [0.1, 0.15) is 11.1 Å². The van der Waals surface area contributed by atoms with Crippen molar-refractivity contribution >= 4 is 11.8 Å². The molecular weight excluding hydrogens is 352 g/mol. The van der Waals surface area contributed by atoms with Crippen molar-refractivity contribution in [1.29, 1.82) is 0 Å². The van der Waals surface area contributed by atoms with Crippen molar-refractivity contribution in [3.05, 3.63) is 71.8 Å². The molecule has 0 bridgehead atoms. The van der Waals surface area contributed by atoms with E-state index in [1.165, 1.54) is 0 Å². The first-order valence-electron chi connectivity index (χ1n) is 9.59. The van der Waals surface area contributed by atoms with Gasteiger partial charge in [-0.2, -0.15) is 0 Å². The Bertz CT molecular complexity index is 763. The van der Waals surface area contributed by atoms with E-state index in [-0.39, 0.29) is 11.8 Å². The second kappa shape index (κ2) is 7.73. The first-order chi connectivity index (χ1) is 13.3. The van der Waals surface area contributed by atoms with Crippen LogP contribution >= 0.6 is 0 Å². The molecule has 2 atom stereocenters. The second-order valence-electron chi connectivity index (χ2n) is 7.75. The Morgan fingerprint density at radius 3 is 1.18 bits per heavy atom. The minimum Gasteiger partial charge on any atom is -0.368 e. The number of nitrogens with two attached hydrogens (primary N) is 4. The van der Waals surface area contributed by atoms with E-state index < -0.39 is 22.9 Å². The van der Waals surface area contributed by atoms with Crippen molar-refractivity contribution < 1.29 is 9.59 Å². The third kappa shape index (κ3) is 3.30. The van der Waals surface area contributed by atoms with Gasteiger partial charge in [-0.3, -0.25) is 9.59 Å². The summed E-state index contributed by atoms with van der Waals surface area (Å²) in [7, 11) is 0. The molecule has 0 heterocycles. The van der Waals surface area contributed by atoms with Crippen molar-refractivity contribution in [2.24, 2.45) is 34.8 Å². The standard InChI is InChI=1S/C22H28N4O2/c23-19(27)21(25,15-7-3-1-4-8-15)17-11-13-18(14-12-17)22(26,20(24)28)16-9-5-2-6-10-16/h1-10,17-18H,11-14,25-26H2,(H2,23,27)(H2,24,28). The lowest BCUT2D eigenvalue weighted by molar-refractivity contribution is -0.129. The fourth-order valence-corrected chi connectivity index (χ4v) is 4.59. The molecule has 0 saturated heterocycles. The molecule has 1 fully saturated rings. The van der Waals surface area contributed by atoms with E-state index in [2.05, 4.69) is 0 Å². The molecule has 0 aliphatic heterocycles. The van der Waals surface area contributed by atoms with Crippen LogP contribution in [0, 0.1) is 11.8 Å². The van der Waals surface area contributed by atoms with E-state index >= 15 is 0 Å². The number of benzene rings is 2. The highest BCUT2D eigenvalue weighted by Gasteiger charge is 2.48. The average Bonchev–Trinajstić information content (AvgIpc) is 2.73. The van der Waals surface area contributed by atoms with Crippen molar-refractivity contribution in [2.45, 2.75) is 36.8 Å². The molecule has 28 heavy (non-hydrogen) atoms. The Balaban J connectivity index is 1.85. The van der Waals surface area contributed by atoms with Gasteiger partial charge >= 0.3 is 0 Å². The van der Waals surface area contributed by atoms with E-state index in [0.717, 1.165) is 0 Å². The maximum atomic E-state index is 12.3. The van der Waals surface area contributed by atoms with Crippen molar-refractivity contribution in [3.8, 4) is 0 Å². The smallest absolute Gasteiger partial charge is 0.242 e. The number of carbonyl (C=O) groups excluding carboxylic acids is 2. The second-order valence-corrected chi connectivity index (χ2v) is 7.75. The lowest BCUT2D eigenvalue weighted by Crippen LogP contribution is -2.58. The van der Waals surface area contributed by atoms with E-state index in [1.54, 1.807) is 0 Å². The van der Waals surface area contributed by atoms with E-state index in [0.29, 0.717) is 36.8 Å². The molecule has 2 aromatic rings. The zero-order valence-corrected chi connectivity index (χ0v) is 15.9. The number of amides is 2. The number of carbonyl (C=O) groups is 2. The van der Waals surface area contributed by atoms with Gasteiger partial charge in [0.05, 0.1) is 0 Å². The van der Waals surface area contributed by atoms with Crippen molar-refractivity contribution in [1.82, 2.24) is 0 Å². The predicted molar refractivity (Wildman–Crippen MR) is 108 cm³/mol. The molecule has 2 aromatic carbocycles. The van der Waals surface area contributed by atoms with Crippen LogP contribution < -0.4 is 22.9 Å². The van der Waals surface area contributed by atoms with Gasteiger partial charge < -0.3 is 22.9 Å². The molecule has 8 N–H and O–H groups in total. The van der Waals surface area contributed by atoms with Gasteiger partial charge in [0, 0.05) is 0 Å². The molecule has 1 saturated carbocycles. The zero-order chi connectivity index (χ0) is 20.4. The SMILES string of the molecule is NC(=O)C(N)(c1ccccc1)C1CCC(C(N)(C(N)=O)c2ccccc2)CC1. The van der Waals surface area contributed by atoms with Crippen molar-refractivity contribution in [2.75, 3.05) is 0 Å². The highest BCUT2D eigenvalue weighted by molar-refractivity contribution is 5.87. The van der Waals surface area contributed by atoms with Crippen LogP contribution in [0.4, 0.5) is 0 Å². The largest absolute Gasteiger partial charge is 0.368 e. The maximum absolute atomic E-state index is 12.3. The van der Waals surface area contributed by atoms with Crippen LogP contribution in [0.2, 0.25) is 0 Å². The summed E-state index contributed by atoms with van der Waals surface area (Å²) >= 11 is 0. The van der Waals surface area contributed by atoms with Crippen LogP contribution in [0.5, 0.6) is 0 Å². The fourth-order valence-electron chi connectivity index (χ4n) is 4.59. The minimum atomic E-state index is -1.25. The zero-order valence-electron chi connectivity index (χ0n) is 15.9. The number of primary amides is 2. The van der Waals surface area contributed by atoms with Gasteiger partial charge in [0.2, 0.25) is 11.8 Å². The quantitative estimate of drug-likeness (QED) is 0.603. The van der Waals surface area contributed by atoms with Gasteiger partial charge in [-0.25, -0.2) is 0 Å². The lowest BCUT2D eigenvalue weighted by atomic mass is 9.64. The Morgan fingerprint density at radius 2 is 0.929 bits per heavy atom. The number of hydrogen-bond donors (Lipinski definition) is 4. The lowest BCUT2D eigenvalue weighted by Gasteiger charge is -2.44. The van der Waals surface area contributed by atoms with Crippen LogP contribution in [0.1, 0.15) is 36.8 Å². The molecule has 2 unspecified atom stereocenters. The normalized spacial score (nSPS) is 23.9. The molecule has 6 nitrogen and oxygen atoms in total. The molecule has 1 aliphatic carbocycles. The molecule has 3 rings (SSSR count). The van der Waals surface area contributed by atoms with E-state index in [1.807, 2.05) is 60.7 Å². The third-order valence-corrected chi connectivity index (χ3v) is 6.33. The maximum Gasteiger partial charge on any atom is 0.242 e. The van der Waals surface area contributed by atoms with Crippen molar-refractivity contribution in [3.63, 3.8) is 0 Å². The minimum absolute atomic E-state index is 0.128. The molecule has 0 radical (unpaired) electrons. The van der Waals surface area contributed by atoms with Crippen LogP contribution in [0.25, 0.3) is 0 Å². The summed E-state index contributed by atoms with van der Waals surface area (Å²) in [5, 5.41) is 0. The molecule has 2 amide bonds. The van der Waals surface area contributed by atoms with Crippen LogP contribution in [0.3, 0.4) is 0 Å². The highest BCUT2D eigenvalue weighted by atomic mass is 16.2. The fraction of sp³-hybridized carbons (Fsp3) is 0.364. The van der Waals surface area contributed by atoms with Crippen LogP contribution in [-0.4, -0.2) is 11.8 Å². The van der Waals surface area contributed by atoms with Gasteiger partial charge in [-0.1, -0.05) is 60.7 Å². The predicted octanol–water partition coefficient (Wildman–Crippen LogP) is 1.47. The Kier molecular flexibility index (Phi) is 5.54. The van der Waals surface area contributed by atoms with Gasteiger partial charge in [0.25, 0.3) is 0 Å². The Labute approximate surface area is 165 Å². The summed E-state index contributed by atoms with van der Waals surface area (Å²) in [6, 6.07) is 18.5. The van der Waals surface area contributed by atoms with Gasteiger partial charge in [-0.15, -0.1) is 0 Å². The van der Waals surface area contributed by atoms with E-state index in [4.69, 9.17) is 22.9 Å². The average molecular weight is 380 g/mol. The Morgan fingerprint density at radius 1 is 0.643 bits per heavy atom. The molecule has 0 spiro atoms. The van der Waals surface area contributed by atoms with E-state index in [9.17, 15) is 9.59 Å². The first kappa shape index (κ1) is 20.0. The topological polar surface area (TPSA) is 138 Å². The van der Waals surface area contributed by atoms with Gasteiger partial charge in [0.15, 0.2) is 0 Å². The summed E-state index contributed by atoms with van der Waals surface area (Å²) in [5.41, 5.74) is 23.5. The number of rotatable bonds is 6. The summed E-state index contributed by atoms with van der Waals surface area (Å²) in [5.74, 6) is -1.34. The van der Waals surface area contributed by atoms with Gasteiger partial charge in [-0.05, 0) is 48.6 Å². The molecule has 148 valence electrons. The molecule has 0 aromatic heterocycles. The first-order valence-corrected chi connectivity index (χ1v) is 9.59. The summed E-state index contributed by atoms with van der Waals surface area (Å²) in [6.07, 6.45) is 2.55. The van der Waals surface area contributed by atoms with Crippen LogP contribution in [0.15, 0.2) is 60.7 Å². The Hall–Kier alpha value is -2.70. The third-order valence-electron chi connectivity index (χ3n) is 6.33. The molecule has 1 aliphatic rings. The monoisotopic (exact) mass is 380 g/mol. The highest BCUT2D eigenvalue weighted by Crippen LogP contribution is 2.44. The molecule has 6 heteroatoms. The number of hydrogen-bond acceptors (Lipinski definition) is 4.